The van der Waals surface area contributed by atoms with Gasteiger partial charge in [0.15, 0.2) is 0 Å². The lowest BCUT2D eigenvalue weighted by Crippen LogP contribution is -2.49. The number of hydrogen-bond acceptors (Lipinski definition) is 3. The van der Waals surface area contributed by atoms with Gasteiger partial charge in [0.2, 0.25) is 0 Å². The Hall–Kier alpha value is -0.120. The minimum absolute atomic E-state index is 0.329. The van der Waals surface area contributed by atoms with Crippen LogP contribution in [0, 0.1) is 5.41 Å². The van der Waals surface area contributed by atoms with Gasteiger partial charge in [-0.25, -0.2) is 0 Å². The molecule has 0 bridgehead atoms. The van der Waals surface area contributed by atoms with Gasteiger partial charge in [-0.15, -0.1) is 0 Å². The van der Waals surface area contributed by atoms with Crippen LogP contribution in [-0.2, 0) is 0 Å². The second-order valence-electron chi connectivity index (χ2n) is 6.51. The van der Waals surface area contributed by atoms with Crippen molar-refractivity contribution >= 4 is 0 Å². The lowest BCUT2D eigenvalue weighted by molar-refractivity contribution is 0.0108. The fourth-order valence-corrected chi connectivity index (χ4v) is 2.56. The molecule has 0 radical (unpaired) electrons. The number of hydrogen-bond donors (Lipinski definition) is 2. The molecule has 0 amide bonds. The third-order valence-corrected chi connectivity index (χ3v) is 3.96. The number of likely N-dealkylation sites (N-methyl/N-ethyl adjacent to an activating group) is 1. The van der Waals surface area contributed by atoms with E-state index in [4.69, 9.17) is 5.73 Å². The van der Waals surface area contributed by atoms with Gasteiger partial charge in [0, 0.05) is 19.1 Å². The number of nitrogens with zero attached hydrogens (tertiary/aromatic N) is 1. The molecule has 0 aromatic rings. The van der Waals surface area contributed by atoms with Gasteiger partial charge in [-0.05, 0) is 45.1 Å². The highest BCUT2D eigenvalue weighted by Crippen LogP contribution is 2.36. The topological polar surface area (TPSA) is 49.5 Å². The molecule has 0 aliphatic heterocycles. The predicted octanol–water partition coefficient (Wildman–Crippen LogP) is 1.60. The average Bonchev–Trinajstić information content (AvgIpc) is 2.16. The standard InChI is InChI=1S/C13H28N2O/c1-12(2)7-5-11(6-8-12)15(4)10-13(3,16)9-14/h11,16H,5-10,14H2,1-4H3. The van der Waals surface area contributed by atoms with Crippen LogP contribution in [0.5, 0.6) is 0 Å². The number of aliphatic hydroxyl groups is 1. The molecule has 0 aromatic carbocycles. The van der Waals surface area contributed by atoms with Crippen LogP contribution >= 0.6 is 0 Å². The monoisotopic (exact) mass is 228 g/mol. The van der Waals surface area contributed by atoms with Gasteiger partial charge in [-0.2, -0.15) is 0 Å². The van der Waals surface area contributed by atoms with Crippen LogP contribution < -0.4 is 5.73 Å². The van der Waals surface area contributed by atoms with E-state index in [1.54, 1.807) is 0 Å². The molecular formula is C13H28N2O. The molecule has 1 aliphatic rings. The fourth-order valence-electron chi connectivity index (χ4n) is 2.56. The Kier molecular flexibility index (Phi) is 4.38. The van der Waals surface area contributed by atoms with Crippen molar-refractivity contribution < 1.29 is 5.11 Å². The van der Waals surface area contributed by atoms with E-state index in [1.807, 2.05) is 6.92 Å². The first kappa shape index (κ1) is 13.9. The smallest absolute Gasteiger partial charge is 0.0867 e. The quantitative estimate of drug-likeness (QED) is 0.768. The van der Waals surface area contributed by atoms with Crippen molar-refractivity contribution in [2.45, 2.75) is 58.1 Å². The summed E-state index contributed by atoms with van der Waals surface area (Å²) >= 11 is 0. The van der Waals surface area contributed by atoms with Gasteiger partial charge in [0.25, 0.3) is 0 Å². The number of rotatable bonds is 4. The van der Waals surface area contributed by atoms with E-state index in [9.17, 15) is 5.11 Å². The van der Waals surface area contributed by atoms with Gasteiger partial charge in [0.1, 0.15) is 0 Å². The molecule has 1 saturated carbocycles. The van der Waals surface area contributed by atoms with Crippen LogP contribution in [0.3, 0.4) is 0 Å². The minimum Gasteiger partial charge on any atom is -0.388 e. The highest BCUT2D eigenvalue weighted by molar-refractivity contribution is 4.86. The fraction of sp³-hybridized carbons (Fsp3) is 1.00. The van der Waals surface area contributed by atoms with Gasteiger partial charge >= 0.3 is 0 Å². The van der Waals surface area contributed by atoms with Gasteiger partial charge in [-0.3, -0.25) is 0 Å². The van der Waals surface area contributed by atoms with Crippen LogP contribution in [0.25, 0.3) is 0 Å². The lowest BCUT2D eigenvalue weighted by Gasteiger charge is -2.40. The molecule has 1 fully saturated rings. The van der Waals surface area contributed by atoms with Crippen molar-refractivity contribution in [2.24, 2.45) is 11.1 Å². The molecule has 0 saturated heterocycles. The second-order valence-corrected chi connectivity index (χ2v) is 6.51. The summed E-state index contributed by atoms with van der Waals surface area (Å²) in [6.07, 6.45) is 5.05. The summed E-state index contributed by atoms with van der Waals surface area (Å²) in [5.74, 6) is 0. The summed E-state index contributed by atoms with van der Waals surface area (Å²) in [6, 6.07) is 0.617. The molecule has 3 nitrogen and oxygen atoms in total. The van der Waals surface area contributed by atoms with Crippen molar-refractivity contribution in [1.29, 1.82) is 0 Å². The lowest BCUT2D eigenvalue weighted by atomic mass is 9.75. The van der Waals surface area contributed by atoms with E-state index in [-0.39, 0.29) is 0 Å². The Bertz CT molecular complexity index is 216. The summed E-state index contributed by atoms with van der Waals surface area (Å²) in [5.41, 5.74) is 5.31. The van der Waals surface area contributed by atoms with E-state index < -0.39 is 5.60 Å². The maximum Gasteiger partial charge on any atom is 0.0867 e. The Morgan fingerprint density at radius 3 is 2.31 bits per heavy atom. The summed E-state index contributed by atoms with van der Waals surface area (Å²) < 4.78 is 0. The van der Waals surface area contributed by atoms with Crippen LogP contribution in [0.1, 0.15) is 46.5 Å². The Balaban J connectivity index is 2.42. The average molecular weight is 228 g/mol. The molecule has 96 valence electrons. The van der Waals surface area contributed by atoms with Gasteiger partial charge in [-0.1, -0.05) is 13.8 Å². The third kappa shape index (κ3) is 4.04. The Morgan fingerprint density at radius 1 is 1.38 bits per heavy atom. The van der Waals surface area contributed by atoms with E-state index in [0.29, 0.717) is 24.5 Å². The van der Waals surface area contributed by atoms with Gasteiger partial charge < -0.3 is 15.7 Å². The molecule has 0 aromatic heterocycles. The first-order chi connectivity index (χ1) is 7.26. The second kappa shape index (κ2) is 5.03. The maximum absolute atomic E-state index is 9.96. The largest absolute Gasteiger partial charge is 0.388 e. The van der Waals surface area contributed by atoms with E-state index in [1.165, 1.54) is 25.7 Å². The molecule has 1 atom stereocenters. The summed E-state index contributed by atoms with van der Waals surface area (Å²) in [7, 11) is 2.10. The molecular weight excluding hydrogens is 200 g/mol. The molecule has 16 heavy (non-hydrogen) atoms. The molecule has 1 unspecified atom stereocenters. The molecule has 3 heteroatoms. The van der Waals surface area contributed by atoms with Crippen molar-refractivity contribution in [1.82, 2.24) is 4.90 Å². The highest BCUT2D eigenvalue weighted by atomic mass is 16.3. The molecule has 1 rings (SSSR count). The summed E-state index contributed by atoms with van der Waals surface area (Å²) in [4.78, 5) is 2.28. The van der Waals surface area contributed by atoms with Crippen LogP contribution in [-0.4, -0.2) is 41.8 Å². The van der Waals surface area contributed by atoms with Crippen LogP contribution in [0.15, 0.2) is 0 Å². The zero-order valence-electron chi connectivity index (χ0n) is 11.3. The van der Waals surface area contributed by atoms with Crippen molar-refractivity contribution in [3.05, 3.63) is 0 Å². The summed E-state index contributed by atoms with van der Waals surface area (Å²) in [6.45, 7) is 7.51. The SMILES string of the molecule is CN(CC(C)(O)CN)C1CCC(C)(C)CC1. The molecule has 1 aliphatic carbocycles. The van der Waals surface area contributed by atoms with Crippen LogP contribution in [0.4, 0.5) is 0 Å². The first-order valence-corrected chi connectivity index (χ1v) is 6.38. The Morgan fingerprint density at radius 2 is 1.88 bits per heavy atom. The number of nitrogens with two attached hydrogens (primary N) is 1. The van der Waals surface area contributed by atoms with Gasteiger partial charge in [0.05, 0.1) is 5.60 Å². The normalized spacial score (nSPS) is 25.7. The van der Waals surface area contributed by atoms with Crippen molar-refractivity contribution in [2.75, 3.05) is 20.1 Å². The minimum atomic E-state index is -0.748. The molecule has 3 N–H and O–H groups in total. The first-order valence-electron chi connectivity index (χ1n) is 6.38. The molecule has 0 heterocycles. The van der Waals surface area contributed by atoms with E-state index in [0.717, 1.165) is 0 Å². The van der Waals surface area contributed by atoms with E-state index >= 15 is 0 Å². The van der Waals surface area contributed by atoms with Crippen LogP contribution in [0.2, 0.25) is 0 Å². The zero-order valence-corrected chi connectivity index (χ0v) is 11.3. The van der Waals surface area contributed by atoms with E-state index in [2.05, 4.69) is 25.8 Å². The maximum atomic E-state index is 9.96. The van der Waals surface area contributed by atoms with Crippen molar-refractivity contribution in [3.8, 4) is 0 Å². The Labute approximate surface area is 100 Å². The summed E-state index contributed by atoms with van der Waals surface area (Å²) in [5, 5.41) is 9.96. The van der Waals surface area contributed by atoms with Crippen molar-refractivity contribution in [3.63, 3.8) is 0 Å². The highest BCUT2D eigenvalue weighted by Gasteiger charge is 2.31. The predicted molar refractivity (Wildman–Crippen MR) is 68.3 cm³/mol. The zero-order chi connectivity index (χ0) is 12.4. The molecule has 0 spiro atoms. The third-order valence-electron chi connectivity index (χ3n) is 3.96.